The lowest BCUT2D eigenvalue weighted by Gasteiger charge is -2.35. The number of hydrogen-bond acceptors (Lipinski definition) is 0. The van der Waals surface area contributed by atoms with Gasteiger partial charge in [0.2, 0.25) is 0 Å². The van der Waals surface area contributed by atoms with Gasteiger partial charge < -0.3 is 0 Å². The molecule has 0 fully saturated rings. The second-order valence-electron chi connectivity index (χ2n) is 16.6. The van der Waals surface area contributed by atoms with Crippen molar-refractivity contribution < 1.29 is 0 Å². The van der Waals surface area contributed by atoms with Crippen LogP contribution in [0.25, 0.3) is 44.5 Å². The van der Waals surface area contributed by atoms with Gasteiger partial charge in [-0.3, -0.25) is 0 Å². The summed E-state index contributed by atoms with van der Waals surface area (Å²) in [5, 5.41) is 5.47. The van der Waals surface area contributed by atoms with E-state index >= 15 is 0 Å². The van der Waals surface area contributed by atoms with E-state index < -0.39 is 8.07 Å². The molecule has 1 heteroatoms. The zero-order chi connectivity index (χ0) is 39.8. The van der Waals surface area contributed by atoms with Gasteiger partial charge in [0, 0.05) is 0 Å². The number of benzene rings is 8. The molecule has 0 aromatic heterocycles. The molecule has 8 rings (SSSR count). The highest BCUT2D eigenvalue weighted by Gasteiger charge is 2.41. The summed E-state index contributed by atoms with van der Waals surface area (Å²) >= 11 is 0. The van der Waals surface area contributed by atoms with Crippen molar-refractivity contribution in [1.82, 2.24) is 0 Å². The average Bonchev–Trinajstić information content (AvgIpc) is 3.18. The monoisotopic (exact) mass is 752 g/mol. The zero-order valence-corrected chi connectivity index (χ0v) is 35.7. The molecule has 0 bridgehead atoms. The fourth-order valence-corrected chi connectivity index (χ4v) is 13.9. The number of hydrogen-bond donors (Lipinski definition) is 0. The van der Waals surface area contributed by atoms with Crippen LogP contribution in [-0.4, -0.2) is 8.07 Å². The maximum absolute atomic E-state index is 2.88. The Balaban J connectivity index is 1.36. The zero-order valence-electron chi connectivity index (χ0n) is 34.7. The highest BCUT2D eigenvalue weighted by Crippen LogP contribution is 2.27. The van der Waals surface area contributed by atoms with Gasteiger partial charge in [-0.25, -0.2) is 0 Å². The van der Waals surface area contributed by atoms with Crippen LogP contribution in [0.15, 0.2) is 170 Å². The maximum atomic E-state index is 2.42. The van der Waals surface area contributed by atoms with E-state index in [2.05, 4.69) is 225 Å². The Morgan fingerprint density at radius 1 is 0.193 bits per heavy atom. The summed E-state index contributed by atoms with van der Waals surface area (Å²) < 4.78 is 0. The molecule has 0 aliphatic rings. The van der Waals surface area contributed by atoms with E-state index in [1.54, 1.807) is 0 Å². The van der Waals surface area contributed by atoms with Gasteiger partial charge in [0.15, 0.2) is 8.07 Å². The van der Waals surface area contributed by atoms with E-state index in [1.165, 1.54) is 110 Å². The Kier molecular flexibility index (Phi) is 10.3. The highest BCUT2D eigenvalue weighted by molar-refractivity contribution is 7.19. The van der Waals surface area contributed by atoms with Crippen LogP contribution in [0, 0.1) is 55.4 Å². The molecule has 0 unspecified atom stereocenters. The summed E-state index contributed by atoms with van der Waals surface area (Å²) in [5.41, 5.74) is 20.3. The molecule has 0 amide bonds. The quantitative estimate of drug-likeness (QED) is 0.107. The fourth-order valence-electron chi connectivity index (χ4n) is 9.22. The van der Waals surface area contributed by atoms with Crippen molar-refractivity contribution in [2.75, 3.05) is 0 Å². The van der Waals surface area contributed by atoms with Gasteiger partial charge in [-0.2, -0.15) is 0 Å². The second kappa shape index (κ2) is 15.5. The Bertz CT molecular complexity index is 2250. The standard InChI is InChI=1S/C56H52Si/c1-37-25-38(2)30-49(29-37)45-9-17-53(18-10-45)57(54-19-11-46(12-20-54)50-31-39(3)26-40(4)32-50,55-21-13-47(14-22-55)51-33-41(5)27-42(6)34-51)56-23-15-48(16-24-56)52-35-43(7)28-44(8)36-52/h9-36H,1-8H3. The maximum Gasteiger partial charge on any atom is 0.179 e. The molecule has 0 atom stereocenters. The van der Waals surface area contributed by atoms with Crippen molar-refractivity contribution in [2.24, 2.45) is 0 Å². The smallest absolute Gasteiger partial charge is 0.0613 e. The van der Waals surface area contributed by atoms with Crippen LogP contribution >= 0.6 is 0 Å². The Morgan fingerprint density at radius 3 is 0.509 bits per heavy atom. The van der Waals surface area contributed by atoms with Crippen LogP contribution in [0.1, 0.15) is 44.5 Å². The van der Waals surface area contributed by atoms with Gasteiger partial charge in [0.1, 0.15) is 0 Å². The lowest BCUT2D eigenvalue weighted by molar-refractivity contribution is 1.38. The molecular formula is C56H52Si. The van der Waals surface area contributed by atoms with Gasteiger partial charge >= 0.3 is 0 Å². The van der Waals surface area contributed by atoms with Crippen LogP contribution in [0.4, 0.5) is 0 Å². The topological polar surface area (TPSA) is 0 Å². The summed E-state index contributed by atoms with van der Waals surface area (Å²) in [4.78, 5) is 0. The first-order chi connectivity index (χ1) is 27.4. The third kappa shape index (κ3) is 7.73. The van der Waals surface area contributed by atoms with Crippen LogP contribution in [0.2, 0.25) is 0 Å². The largest absolute Gasteiger partial charge is 0.179 e. The van der Waals surface area contributed by atoms with Crippen LogP contribution in [0.5, 0.6) is 0 Å². The van der Waals surface area contributed by atoms with Crippen LogP contribution < -0.4 is 20.7 Å². The first-order valence-electron chi connectivity index (χ1n) is 20.2. The Morgan fingerprint density at radius 2 is 0.351 bits per heavy atom. The predicted molar refractivity (Wildman–Crippen MR) is 250 cm³/mol. The van der Waals surface area contributed by atoms with Crippen molar-refractivity contribution >= 4 is 28.8 Å². The fraction of sp³-hybridized carbons (Fsp3) is 0.143. The molecule has 0 saturated heterocycles. The third-order valence-electron chi connectivity index (χ3n) is 11.5. The van der Waals surface area contributed by atoms with E-state index in [0.717, 1.165) is 0 Å². The summed E-state index contributed by atoms with van der Waals surface area (Å²) in [7, 11) is -2.88. The van der Waals surface area contributed by atoms with E-state index in [9.17, 15) is 0 Å². The molecule has 0 aliphatic heterocycles. The predicted octanol–water partition coefficient (Wildman–Crippen LogP) is 12.2. The first-order valence-corrected chi connectivity index (χ1v) is 22.2. The van der Waals surface area contributed by atoms with Crippen molar-refractivity contribution in [2.45, 2.75) is 55.4 Å². The van der Waals surface area contributed by atoms with Gasteiger partial charge in [0.25, 0.3) is 0 Å². The number of aryl methyl sites for hydroxylation is 8. The SMILES string of the molecule is Cc1cc(C)cc(-c2ccc([Si](c3ccc(-c4cc(C)cc(C)c4)cc3)(c3ccc(-c4cc(C)cc(C)c4)cc3)c3ccc(-c4cc(C)cc(C)c4)cc3)cc2)c1. The average molecular weight is 753 g/mol. The first kappa shape index (κ1) is 37.9. The lowest BCUT2D eigenvalue weighted by Crippen LogP contribution is -2.74. The number of rotatable bonds is 8. The van der Waals surface area contributed by atoms with Gasteiger partial charge in [0.05, 0.1) is 0 Å². The summed E-state index contributed by atoms with van der Waals surface area (Å²) in [5.74, 6) is 0. The third-order valence-corrected chi connectivity index (χ3v) is 16.3. The van der Waals surface area contributed by atoms with Crippen molar-refractivity contribution in [3.63, 3.8) is 0 Å². The Labute approximate surface area is 341 Å². The van der Waals surface area contributed by atoms with E-state index in [4.69, 9.17) is 0 Å². The lowest BCUT2D eigenvalue weighted by atomic mass is 10.0. The molecule has 0 N–H and O–H groups in total. The van der Waals surface area contributed by atoms with E-state index in [-0.39, 0.29) is 0 Å². The molecule has 8 aromatic carbocycles. The van der Waals surface area contributed by atoms with Crippen LogP contribution in [0.3, 0.4) is 0 Å². The summed E-state index contributed by atoms with van der Waals surface area (Å²) in [6, 6.07) is 65.6. The molecule has 0 nitrogen and oxygen atoms in total. The Hall–Kier alpha value is -6.02. The normalized spacial score (nSPS) is 11.5. The molecule has 0 spiro atoms. The molecule has 57 heavy (non-hydrogen) atoms. The summed E-state index contributed by atoms with van der Waals surface area (Å²) in [6.45, 7) is 17.5. The minimum atomic E-state index is -2.88. The van der Waals surface area contributed by atoms with Gasteiger partial charge in [-0.1, -0.05) is 214 Å². The molecule has 0 radical (unpaired) electrons. The van der Waals surface area contributed by atoms with Crippen LogP contribution in [-0.2, 0) is 0 Å². The molecule has 280 valence electrons. The molecule has 0 heterocycles. The van der Waals surface area contributed by atoms with Crippen molar-refractivity contribution in [1.29, 1.82) is 0 Å². The summed E-state index contributed by atoms with van der Waals surface area (Å²) in [6.07, 6.45) is 0. The molecular weight excluding hydrogens is 701 g/mol. The van der Waals surface area contributed by atoms with Gasteiger partial charge in [-0.15, -0.1) is 0 Å². The minimum absolute atomic E-state index is 1.24. The highest BCUT2D eigenvalue weighted by atomic mass is 28.3. The molecule has 8 aromatic rings. The van der Waals surface area contributed by atoms with Crippen molar-refractivity contribution in [3.8, 4) is 44.5 Å². The van der Waals surface area contributed by atoms with E-state index in [1.807, 2.05) is 0 Å². The van der Waals surface area contributed by atoms with Crippen molar-refractivity contribution in [3.05, 3.63) is 214 Å². The minimum Gasteiger partial charge on any atom is -0.0613 e. The molecule has 0 saturated carbocycles. The molecule has 0 aliphatic carbocycles. The second-order valence-corrected chi connectivity index (χ2v) is 20.4. The van der Waals surface area contributed by atoms with Gasteiger partial charge in [-0.05, 0) is 121 Å². The van der Waals surface area contributed by atoms with E-state index in [0.29, 0.717) is 0 Å².